The minimum atomic E-state index is -0.188. The molecule has 0 aliphatic carbocycles. The van der Waals surface area contributed by atoms with Crippen LogP contribution in [0.1, 0.15) is 13.8 Å². The molecule has 0 aromatic carbocycles. The zero-order valence-corrected chi connectivity index (χ0v) is 6.76. The highest BCUT2D eigenvalue weighted by molar-refractivity contribution is 4.60. The first-order chi connectivity index (χ1) is 4.04. The predicted octanol–water partition coefficient (Wildman–Crippen LogP) is 0.565. The van der Waals surface area contributed by atoms with Crippen molar-refractivity contribution in [3.8, 4) is 0 Å². The second-order valence-electron chi connectivity index (χ2n) is 2.98. The summed E-state index contributed by atoms with van der Waals surface area (Å²) in [7, 11) is 4.03. The lowest BCUT2D eigenvalue weighted by Crippen LogP contribution is -2.26. The zero-order chi connectivity index (χ0) is 7.44. The summed E-state index contributed by atoms with van der Waals surface area (Å²) in [4.78, 5) is 2.08. The normalized spacial score (nSPS) is 18.0. The van der Waals surface area contributed by atoms with E-state index in [2.05, 4.69) is 4.90 Å². The number of rotatable bonds is 3. The number of nitrogens with zero attached hydrogens (tertiary/aromatic N) is 1. The van der Waals surface area contributed by atoms with Crippen LogP contribution in [0, 0.1) is 5.92 Å². The van der Waals surface area contributed by atoms with Gasteiger partial charge in [0.15, 0.2) is 0 Å². The van der Waals surface area contributed by atoms with Gasteiger partial charge in [0.1, 0.15) is 0 Å². The molecule has 0 rings (SSSR count). The van der Waals surface area contributed by atoms with Gasteiger partial charge < -0.3 is 10.0 Å². The Balaban J connectivity index is 3.38. The summed E-state index contributed by atoms with van der Waals surface area (Å²) in [5.41, 5.74) is 0. The van der Waals surface area contributed by atoms with Gasteiger partial charge in [-0.1, -0.05) is 6.92 Å². The van der Waals surface area contributed by atoms with Gasteiger partial charge in [0.05, 0.1) is 6.10 Å². The van der Waals surface area contributed by atoms with E-state index in [0.717, 1.165) is 6.54 Å². The van der Waals surface area contributed by atoms with Crippen molar-refractivity contribution in [2.45, 2.75) is 20.0 Å². The molecule has 0 aromatic rings. The Morgan fingerprint density at radius 2 is 1.78 bits per heavy atom. The molecule has 0 saturated carbocycles. The van der Waals surface area contributed by atoms with Crippen LogP contribution in [0.3, 0.4) is 0 Å². The number of hydrogen-bond acceptors (Lipinski definition) is 2. The van der Waals surface area contributed by atoms with Gasteiger partial charge in [-0.15, -0.1) is 0 Å². The summed E-state index contributed by atoms with van der Waals surface area (Å²) in [5, 5.41) is 9.04. The van der Waals surface area contributed by atoms with E-state index in [0.29, 0.717) is 5.92 Å². The molecule has 0 fully saturated rings. The monoisotopic (exact) mass is 131 g/mol. The minimum Gasteiger partial charge on any atom is -0.393 e. The van der Waals surface area contributed by atoms with Crippen molar-refractivity contribution < 1.29 is 5.11 Å². The molecule has 0 aromatic heterocycles. The molecule has 9 heavy (non-hydrogen) atoms. The molecule has 0 saturated heterocycles. The molecule has 0 heterocycles. The first kappa shape index (κ1) is 8.92. The Morgan fingerprint density at radius 1 is 1.33 bits per heavy atom. The van der Waals surface area contributed by atoms with E-state index in [4.69, 9.17) is 5.11 Å². The van der Waals surface area contributed by atoms with Crippen LogP contribution in [0.2, 0.25) is 0 Å². The highest BCUT2D eigenvalue weighted by Gasteiger charge is 2.08. The molecule has 0 amide bonds. The lowest BCUT2D eigenvalue weighted by Gasteiger charge is -2.18. The highest BCUT2D eigenvalue weighted by atomic mass is 16.3. The van der Waals surface area contributed by atoms with E-state index in [1.54, 1.807) is 0 Å². The molecule has 0 bridgehead atoms. The molecule has 2 unspecified atom stereocenters. The van der Waals surface area contributed by atoms with Crippen molar-refractivity contribution in [3.05, 3.63) is 0 Å². The quantitative estimate of drug-likeness (QED) is 0.605. The summed E-state index contributed by atoms with van der Waals surface area (Å²) >= 11 is 0. The molecule has 0 aliphatic rings. The van der Waals surface area contributed by atoms with Crippen LogP contribution in [0.4, 0.5) is 0 Å². The number of hydrogen-bond donors (Lipinski definition) is 1. The average Bonchev–Trinajstić information content (AvgIpc) is 1.63. The maximum atomic E-state index is 9.04. The van der Waals surface area contributed by atoms with Gasteiger partial charge >= 0.3 is 0 Å². The Labute approximate surface area is 57.5 Å². The highest BCUT2D eigenvalue weighted by Crippen LogP contribution is 2.01. The Morgan fingerprint density at radius 3 is 1.89 bits per heavy atom. The van der Waals surface area contributed by atoms with Gasteiger partial charge in [0.25, 0.3) is 0 Å². The Kier molecular flexibility index (Phi) is 3.82. The lowest BCUT2D eigenvalue weighted by molar-refractivity contribution is 0.116. The topological polar surface area (TPSA) is 23.5 Å². The van der Waals surface area contributed by atoms with Crippen molar-refractivity contribution in [2.24, 2.45) is 5.92 Å². The van der Waals surface area contributed by atoms with E-state index in [9.17, 15) is 0 Å². The Bertz CT molecular complexity index is 71.3. The van der Waals surface area contributed by atoms with Crippen LogP contribution in [0.5, 0.6) is 0 Å². The van der Waals surface area contributed by atoms with Crippen LogP contribution >= 0.6 is 0 Å². The van der Waals surface area contributed by atoms with Crippen molar-refractivity contribution in [1.29, 1.82) is 0 Å². The van der Waals surface area contributed by atoms with Crippen LogP contribution < -0.4 is 0 Å². The van der Waals surface area contributed by atoms with E-state index in [1.165, 1.54) is 0 Å². The second kappa shape index (κ2) is 3.85. The lowest BCUT2D eigenvalue weighted by atomic mass is 10.1. The number of aliphatic hydroxyl groups is 1. The number of aliphatic hydroxyl groups excluding tert-OH is 1. The molecule has 2 heteroatoms. The maximum absolute atomic E-state index is 9.04. The van der Waals surface area contributed by atoms with E-state index >= 15 is 0 Å². The third-order valence-corrected chi connectivity index (χ3v) is 1.48. The average molecular weight is 131 g/mol. The standard InChI is InChI=1S/C7H17NO/c1-6(7(2)9)5-8(3)4/h6-7,9H,5H2,1-4H3. The molecule has 0 aliphatic heterocycles. The fourth-order valence-electron chi connectivity index (χ4n) is 0.729. The summed E-state index contributed by atoms with van der Waals surface area (Å²) in [5.74, 6) is 0.375. The third kappa shape index (κ3) is 4.43. The van der Waals surface area contributed by atoms with Crippen LogP contribution in [0.15, 0.2) is 0 Å². The van der Waals surface area contributed by atoms with E-state index < -0.39 is 0 Å². The van der Waals surface area contributed by atoms with Gasteiger partial charge in [0, 0.05) is 6.54 Å². The van der Waals surface area contributed by atoms with Crippen LogP contribution in [-0.4, -0.2) is 36.8 Å². The zero-order valence-electron chi connectivity index (χ0n) is 6.76. The van der Waals surface area contributed by atoms with E-state index in [-0.39, 0.29) is 6.10 Å². The smallest absolute Gasteiger partial charge is 0.0549 e. The van der Waals surface area contributed by atoms with Crippen molar-refractivity contribution in [1.82, 2.24) is 4.90 Å². The maximum Gasteiger partial charge on any atom is 0.0549 e. The summed E-state index contributed by atoms with van der Waals surface area (Å²) < 4.78 is 0. The molecule has 1 N–H and O–H groups in total. The molecular formula is C7H17NO. The Hall–Kier alpha value is -0.0800. The second-order valence-corrected chi connectivity index (χ2v) is 2.98. The van der Waals surface area contributed by atoms with Crippen molar-refractivity contribution >= 4 is 0 Å². The molecule has 56 valence electrons. The van der Waals surface area contributed by atoms with Gasteiger partial charge in [0.2, 0.25) is 0 Å². The van der Waals surface area contributed by atoms with E-state index in [1.807, 2.05) is 27.9 Å². The first-order valence-corrected chi connectivity index (χ1v) is 3.37. The fourth-order valence-corrected chi connectivity index (χ4v) is 0.729. The van der Waals surface area contributed by atoms with Crippen molar-refractivity contribution in [2.75, 3.05) is 20.6 Å². The molecule has 0 radical (unpaired) electrons. The van der Waals surface area contributed by atoms with Gasteiger partial charge in [-0.05, 0) is 26.9 Å². The first-order valence-electron chi connectivity index (χ1n) is 3.37. The van der Waals surface area contributed by atoms with Crippen LogP contribution in [-0.2, 0) is 0 Å². The molecule has 0 spiro atoms. The van der Waals surface area contributed by atoms with Gasteiger partial charge in [-0.2, -0.15) is 0 Å². The van der Waals surface area contributed by atoms with Crippen LogP contribution in [0.25, 0.3) is 0 Å². The summed E-state index contributed by atoms with van der Waals surface area (Å²) in [6.45, 7) is 4.83. The van der Waals surface area contributed by atoms with Gasteiger partial charge in [-0.25, -0.2) is 0 Å². The van der Waals surface area contributed by atoms with Crippen molar-refractivity contribution in [3.63, 3.8) is 0 Å². The fraction of sp³-hybridized carbons (Fsp3) is 1.00. The SMILES string of the molecule is CC(O)C(C)CN(C)C. The largest absolute Gasteiger partial charge is 0.393 e. The third-order valence-electron chi connectivity index (χ3n) is 1.48. The predicted molar refractivity (Wildman–Crippen MR) is 39.4 cm³/mol. The summed E-state index contributed by atoms with van der Waals surface area (Å²) in [6, 6.07) is 0. The van der Waals surface area contributed by atoms with Gasteiger partial charge in [-0.3, -0.25) is 0 Å². The molecule has 2 nitrogen and oxygen atoms in total. The summed E-state index contributed by atoms with van der Waals surface area (Å²) in [6.07, 6.45) is -0.188. The molecular weight excluding hydrogens is 114 g/mol. The molecule has 2 atom stereocenters. The minimum absolute atomic E-state index is 0.188.